The van der Waals surface area contributed by atoms with Crippen LogP contribution in [0.3, 0.4) is 0 Å². The highest BCUT2D eigenvalue weighted by Gasteiger charge is 2.10. The minimum Gasteiger partial charge on any atom is -0.392 e. The van der Waals surface area contributed by atoms with E-state index in [1.165, 1.54) is 0 Å². The second-order valence-corrected chi connectivity index (χ2v) is 6.36. The van der Waals surface area contributed by atoms with E-state index in [2.05, 4.69) is 43.8 Å². The Morgan fingerprint density at radius 3 is 2.45 bits per heavy atom. The monoisotopic (exact) mass is 445 g/mol. The standard InChI is InChI=1S/C15H13BrINO2/c16-12-5-6-14(17)13(7-12)15(20)18-8-10-1-3-11(9-19)4-2-10/h1-7,19H,8-9H2,(H,18,20). The van der Waals surface area contributed by atoms with Crippen molar-refractivity contribution in [1.82, 2.24) is 5.32 Å². The first-order chi connectivity index (χ1) is 9.60. The number of carbonyl (C=O) groups is 1. The Labute approximate surface area is 139 Å². The minimum absolute atomic E-state index is 0.0306. The number of hydrogen-bond acceptors (Lipinski definition) is 2. The fraction of sp³-hybridized carbons (Fsp3) is 0.133. The Bertz CT molecular complexity index is 614. The molecule has 0 saturated heterocycles. The van der Waals surface area contributed by atoms with Crippen LogP contribution < -0.4 is 5.32 Å². The zero-order chi connectivity index (χ0) is 14.5. The molecular weight excluding hydrogens is 433 g/mol. The molecule has 5 heteroatoms. The van der Waals surface area contributed by atoms with E-state index in [4.69, 9.17) is 5.11 Å². The Morgan fingerprint density at radius 2 is 1.80 bits per heavy atom. The highest BCUT2D eigenvalue weighted by atomic mass is 127. The molecule has 0 aromatic heterocycles. The van der Waals surface area contributed by atoms with Crippen LogP contribution in [-0.2, 0) is 13.2 Å². The summed E-state index contributed by atoms with van der Waals surface area (Å²) in [6.07, 6.45) is 0. The molecule has 0 unspecified atom stereocenters. The Balaban J connectivity index is 2.02. The second-order valence-electron chi connectivity index (χ2n) is 4.28. The molecule has 0 heterocycles. The summed E-state index contributed by atoms with van der Waals surface area (Å²) in [4.78, 5) is 12.1. The van der Waals surface area contributed by atoms with Gasteiger partial charge in [-0.05, 0) is 51.9 Å². The van der Waals surface area contributed by atoms with Gasteiger partial charge in [-0.2, -0.15) is 0 Å². The maximum Gasteiger partial charge on any atom is 0.252 e. The molecule has 0 aliphatic rings. The number of hydrogen-bond donors (Lipinski definition) is 2. The summed E-state index contributed by atoms with van der Waals surface area (Å²) in [6, 6.07) is 13.1. The van der Waals surface area contributed by atoms with Crippen molar-refractivity contribution in [1.29, 1.82) is 0 Å². The summed E-state index contributed by atoms with van der Waals surface area (Å²) in [5.41, 5.74) is 2.52. The molecule has 2 aromatic rings. The number of rotatable bonds is 4. The zero-order valence-electron chi connectivity index (χ0n) is 10.6. The van der Waals surface area contributed by atoms with Gasteiger partial charge in [-0.1, -0.05) is 40.2 Å². The van der Waals surface area contributed by atoms with E-state index in [9.17, 15) is 4.79 Å². The number of nitrogens with one attached hydrogen (secondary N) is 1. The van der Waals surface area contributed by atoms with Gasteiger partial charge in [-0.15, -0.1) is 0 Å². The molecular formula is C15H13BrINO2. The third kappa shape index (κ3) is 4.04. The van der Waals surface area contributed by atoms with Crippen LogP contribution in [0.2, 0.25) is 0 Å². The number of carbonyl (C=O) groups excluding carboxylic acids is 1. The molecule has 0 radical (unpaired) electrons. The van der Waals surface area contributed by atoms with Gasteiger partial charge in [-0.3, -0.25) is 4.79 Å². The largest absolute Gasteiger partial charge is 0.392 e. The van der Waals surface area contributed by atoms with Crippen LogP contribution in [0.5, 0.6) is 0 Å². The highest BCUT2D eigenvalue weighted by molar-refractivity contribution is 14.1. The lowest BCUT2D eigenvalue weighted by atomic mass is 10.1. The zero-order valence-corrected chi connectivity index (χ0v) is 14.3. The molecule has 0 aliphatic heterocycles. The molecule has 0 aliphatic carbocycles. The first kappa shape index (κ1) is 15.5. The van der Waals surface area contributed by atoms with Gasteiger partial charge in [0.2, 0.25) is 0 Å². The van der Waals surface area contributed by atoms with Gasteiger partial charge in [0.15, 0.2) is 0 Å². The molecule has 0 bridgehead atoms. The van der Waals surface area contributed by atoms with Crippen molar-refractivity contribution in [3.8, 4) is 0 Å². The molecule has 2 N–H and O–H groups in total. The summed E-state index contributed by atoms with van der Waals surface area (Å²) in [5.74, 6) is -0.0954. The SMILES string of the molecule is O=C(NCc1ccc(CO)cc1)c1cc(Br)ccc1I. The van der Waals surface area contributed by atoms with Crippen LogP contribution in [0.4, 0.5) is 0 Å². The van der Waals surface area contributed by atoms with Crippen molar-refractivity contribution in [2.45, 2.75) is 13.2 Å². The van der Waals surface area contributed by atoms with E-state index in [1.807, 2.05) is 42.5 Å². The summed E-state index contributed by atoms with van der Waals surface area (Å²) >= 11 is 5.52. The molecule has 0 saturated carbocycles. The van der Waals surface area contributed by atoms with Crippen molar-refractivity contribution < 1.29 is 9.90 Å². The molecule has 0 atom stereocenters. The van der Waals surface area contributed by atoms with Crippen LogP contribution in [0.15, 0.2) is 46.9 Å². The van der Waals surface area contributed by atoms with Gasteiger partial charge in [0.25, 0.3) is 5.91 Å². The number of aliphatic hydroxyl groups is 1. The lowest BCUT2D eigenvalue weighted by Crippen LogP contribution is -2.23. The predicted molar refractivity (Wildman–Crippen MR) is 90.4 cm³/mol. The first-order valence-corrected chi connectivity index (χ1v) is 7.89. The van der Waals surface area contributed by atoms with Crippen molar-refractivity contribution in [2.24, 2.45) is 0 Å². The van der Waals surface area contributed by atoms with E-state index in [0.29, 0.717) is 12.1 Å². The fourth-order valence-electron chi connectivity index (χ4n) is 1.71. The molecule has 1 amide bonds. The number of halogens is 2. The number of aliphatic hydroxyl groups excluding tert-OH is 1. The van der Waals surface area contributed by atoms with Crippen LogP contribution in [0, 0.1) is 3.57 Å². The van der Waals surface area contributed by atoms with Gasteiger partial charge in [0.05, 0.1) is 12.2 Å². The fourth-order valence-corrected chi connectivity index (χ4v) is 2.65. The molecule has 3 nitrogen and oxygen atoms in total. The van der Waals surface area contributed by atoms with Crippen LogP contribution >= 0.6 is 38.5 Å². The average Bonchev–Trinajstić information content (AvgIpc) is 2.47. The normalized spacial score (nSPS) is 10.3. The molecule has 0 fully saturated rings. The van der Waals surface area contributed by atoms with Crippen molar-refractivity contribution in [3.05, 3.63) is 67.2 Å². The van der Waals surface area contributed by atoms with Crippen molar-refractivity contribution in [2.75, 3.05) is 0 Å². The highest BCUT2D eigenvalue weighted by Crippen LogP contribution is 2.18. The van der Waals surface area contributed by atoms with E-state index < -0.39 is 0 Å². The minimum atomic E-state index is -0.0954. The van der Waals surface area contributed by atoms with Gasteiger partial charge < -0.3 is 10.4 Å². The molecule has 2 rings (SSSR count). The summed E-state index contributed by atoms with van der Waals surface area (Å²) < 4.78 is 1.80. The van der Waals surface area contributed by atoms with E-state index in [-0.39, 0.29) is 12.5 Å². The van der Waals surface area contributed by atoms with Gasteiger partial charge >= 0.3 is 0 Å². The Morgan fingerprint density at radius 1 is 1.15 bits per heavy atom. The molecule has 104 valence electrons. The quantitative estimate of drug-likeness (QED) is 0.708. The van der Waals surface area contributed by atoms with Crippen LogP contribution in [-0.4, -0.2) is 11.0 Å². The summed E-state index contributed by atoms with van der Waals surface area (Å²) in [5, 5.41) is 11.9. The number of amides is 1. The summed E-state index contributed by atoms with van der Waals surface area (Å²) in [6.45, 7) is 0.496. The Hall–Kier alpha value is -0.920. The maximum atomic E-state index is 12.1. The molecule has 0 spiro atoms. The number of benzene rings is 2. The third-order valence-corrected chi connectivity index (χ3v) is 4.27. The molecule has 2 aromatic carbocycles. The van der Waals surface area contributed by atoms with Gasteiger partial charge in [-0.25, -0.2) is 0 Å². The van der Waals surface area contributed by atoms with Gasteiger partial charge in [0.1, 0.15) is 0 Å². The van der Waals surface area contributed by atoms with E-state index in [0.717, 1.165) is 19.2 Å². The van der Waals surface area contributed by atoms with Crippen LogP contribution in [0.25, 0.3) is 0 Å². The van der Waals surface area contributed by atoms with Gasteiger partial charge in [0, 0.05) is 14.6 Å². The van der Waals surface area contributed by atoms with Crippen molar-refractivity contribution in [3.63, 3.8) is 0 Å². The second kappa shape index (κ2) is 7.19. The maximum absolute atomic E-state index is 12.1. The van der Waals surface area contributed by atoms with E-state index >= 15 is 0 Å². The third-order valence-electron chi connectivity index (χ3n) is 2.83. The average molecular weight is 446 g/mol. The topological polar surface area (TPSA) is 49.3 Å². The lowest BCUT2D eigenvalue weighted by molar-refractivity contribution is 0.0950. The molecule has 20 heavy (non-hydrogen) atoms. The smallest absolute Gasteiger partial charge is 0.252 e. The summed E-state index contributed by atoms with van der Waals surface area (Å²) in [7, 11) is 0. The lowest BCUT2D eigenvalue weighted by Gasteiger charge is -2.08. The first-order valence-electron chi connectivity index (χ1n) is 6.02. The predicted octanol–water partition coefficient (Wildman–Crippen LogP) is 3.48. The Kier molecular flexibility index (Phi) is 5.56. The van der Waals surface area contributed by atoms with Crippen molar-refractivity contribution >= 4 is 44.4 Å². The van der Waals surface area contributed by atoms with Crippen LogP contribution in [0.1, 0.15) is 21.5 Å². The van der Waals surface area contributed by atoms with E-state index in [1.54, 1.807) is 0 Å².